The standard InChI is InChI=1S/C25H25F7N4O3/c1-36(18-5-3-17(26)4-6-18)22(37)39-21-19(9-16(24(27,28)29)10-20(21)25(30,31)32)15(11-33)12-35-14-23(38)7-2-8-34-13-23/h3-6,9-12,34,38H,2,7-8,13-14,33H2,1H3/b15-11+,35-12?. The minimum atomic E-state index is -5.38. The Bertz CT molecular complexity index is 1240. The van der Waals surface area contributed by atoms with Crippen molar-refractivity contribution in [3.8, 4) is 5.75 Å². The fourth-order valence-electron chi connectivity index (χ4n) is 3.86. The van der Waals surface area contributed by atoms with Gasteiger partial charge < -0.3 is 20.9 Å². The number of nitrogens with zero attached hydrogens (tertiary/aromatic N) is 2. The average Bonchev–Trinajstić information content (AvgIpc) is 2.86. The van der Waals surface area contributed by atoms with Crippen LogP contribution in [0.4, 0.5) is 41.2 Å². The first kappa shape index (κ1) is 29.9. The zero-order valence-electron chi connectivity index (χ0n) is 20.5. The Labute approximate surface area is 218 Å². The molecule has 0 saturated carbocycles. The Kier molecular flexibility index (Phi) is 8.91. The number of aliphatic imine (C=N–C) groups is 1. The second kappa shape index (κ2) is 11.6. The number of nitrogens with two attached hydrogens (primary N) is 1. The zero-order chi connectivity index (χ0) is 29.0. The fourth-order valence-corrected chi connectivity index (χ4v) is 3.86. The monoisotopic (exact) mass is 562 g/mol. The van der Waals surface area contributed by atoms with Crippen LogP contribution in [0.1, 0.15) is 29.5 Å². The maximum Gasteiger partial charge on any atom is 0.420 e. The van der Waals surface area contributed by atoms with Crippen LogP contribution in [0.3, 0.4) is 0 Å². The van der Waals surface area contributed by atoms with Crippen molar-refractivity contribution in [3.63, 3.8) is 0 Å². The third-order valence-corrected chi connectivity index (χ3v) is 5.96. The van der Waals surface area contributed by atoms with Crippen molar-refractivity contribution in [1.82, 2.24) is 5.32 Å². The Balaban J connectivity index is 2.08. The number of carbonyl (C=O) groups excluding carboxylic acids is 1. The maximum absolute atomic E-state index is 14.0. The summed E-state index contributed by atoms with van der Waals surface area (Å²) in [7, 11) is 1.12. The van der Waals surface area contributed by atoms with E-state index in [4.69, 9.17) is 10.5 Å². The van der Waals surface area contributed by atoms with E-state index >= 15 is 0 Å². The Morgan fingerprint density at radius 2 is 1.85 bits per heavy atom. The smallest absolute Gasteiger partial charge is 0.409 e. The lowest BCUT2D eigenvalue weighted by molar-refractivity contribution is -0.143. The van der Waals surface area contributed by atoms with Gasteiger partial charge in [-0.3, -0.25) is 9.89 Å². The molecule has 1 fully saturated rings. The summed E-state index contributed by atoms with van der Waals surface area (Å²) in [6, 6.07) is 4.47. The Hall–Kier alpha value is -3.65. The van der Waals surface area contributed by atoms with Crippen LogP contribution >= 0.6 is 0 Å². The molecule has 1 heterocycles. The van der Waals surface area contributed by atoms with Gasteiger partial charge >= 0.3 is 18.4 Å². The van der Waals surface area contributed by atoms with Crippen molar-refractivity contribution < 1.29 is 45.4 Å². The number of ether oxygens (including phenoxy) is 1. The molecule has 0 bridgehead atoms. The van der Waals surface area contributed by atoms with Gasteiger partial charge in [-0.25, -0.2) is 9.18 Å². The topological polar surface area (TPSA) is 100 Å². The molecule has 4 N–H and O–H groups in total. The van der Waals surface area contributed by atoms with Crippen molar-refractivity contribution in [2.24, 2.45) is 10.7 Å². The molecule has 1 atom stereocenters. The number of amides is 1. The van der Waals surface area contributed by atoms with Crippen LogP contribution in [0, 0.1) is 5.82 Å². The van der Waals surface area contributed by atoms with E-state index in [2.05, 4.69) is 10.3 Å². The lowest BCUT2D eigenvalue weighted by Crippen LogP contribution is -2.47. The average molecular weight is 562 g/mol. The predicted octanol–water partition coefficient (Wildman–Crippen LogP) is 4.98. The number of rotatable bonds is 6. The molecule has 3 rings (SSSR count). The van der Waals surface area contributed by atoms with Gasteiger partial charge in [-0.1, -0.05) is 0 Å². The first-order valence-electron chi connectivity index (χ1n) is 11.5. The number of benzene rings is 2. The largest absolute Gasteiger partial charge is 0.420 e. The van der Waals surface area contributed by atoms with Crippen LogP contribution < -0.4 is 20.7 Å². The summed E-state index contributed by atoms with van der Waals surface area (Å²) in [5.74, 6) is -1.88. The quantitative estimate of drug-likeness (QED) is 0.341. The fraction of sp³-hybridized carbons (Fsp3) is 0.360. The second-order valence-electron chi connectivity index (χ2n) is 8.90. The third-order valence-electron chi connectivity index (χ3n) is 5.96. The first-order valence-corrected chi connectivity index (χ1v) is 11.5. The summed E-state index contributed by atoms with van der Waals surface area (Å²) >= 11 is 0. The molecule has 212 valence electrons. The maximum atomic E-state index is 14.0. The van der Waals surface area contributed by atoms with Crippen LogP contribution in [0.25, 0.3) is 5.57 Å². The van der Waals surface area contributed by atoms with Crippen molar-refractivity contribution in [3.05, 3.63) is 65.1 Å². The zero-order valence-corrected chi connectivity index (χ0v) is 20.5. The lowest BCUT2D eigenvalue weighted by atomic mass is 9.94. The number of halogens is 7. The summed E-state index contributed by atoms with van der Waals surface area (Å²) < 4.78 is 101. The van der Waals surface area contributed by atoms with Crippen LogP contribution in [-0.4, -0.2) is 49.7 Å². The lowest BCUT2D eigenvalue weighted by Gasteiger charge is -2.31. The van der Waals surface area contributed by atoms with E-state index in [0.29, 0.717) is 31.7 Å². The summed E-state index contributed by atoms with van der Waals surface area (Å²) in [5.41, 5.74) is -0.450. The number of piperidine rings is 1. The molecule has 1 saturated heterocycles. The van der Waals surface area contributed by atoms with Gasteiger partial charge in [0.15, 0.2) is 5.75 Å². The van der Waals surface area contributed by atoms with Gasteiger partial charge in [-0.05, 0) is 55.8 Å². The summed E-state index contributed by atoms with van der Waals surface area (Å²) in [5, 5.41) is 13.5. The van der Waals surface area contributed by atoms with Crippen LogP contribution in [0.15, 0.2) is 47.6 Å². The third kappa shape index (κ3) is 7.47. The van der Waals surface area contributed by atoms with Gasteiger partial charge in [-0.2, -0.15) is 26.3 Å². The number of β-amino-alcohol motifs (C(OH)–C–C–N with tert-alkyl or cyclic N) is 1. The SMILES string of the molecule is CN(C(=O)Oc1c(/C(C=NCC2(O)CCCNC2)=C/N)cc(C(F)(F)F)cc1C(F)(F)F)c1ccc(F)cc1. The minimum absolute atomic E-state index is 0.0360. The summed E-state index contributed by atoms with van der Waals surface area (Å²) in [4.78, 5) is 17.5. The van der Waals surface area contributed by atoms with E-state index in [1.807, 2.05) is 0 Å². The molecule has 14 heteroatoms. The molecule has 0 aliphatic carbocycles. The van der Waals surface area contributed by atoms with E-state index in [9.17, 15) is 40.6 Å². The molecular formula is C25H25F7N4O3. The molecule has 0 radical (unpaired) electrons. The highest BCUT2D eigenvalue weighted by Crippen LogP contribution is 2.44. The van der Waals surface area contributed by atoms with Gasteiger partial charge in [0.1, 0.15) is 5.82 Å². The highest BCUT2D eigenvalue weighted by Gasteiger charge is 2.41. The van der Waals surface area contributed by atoms with Gasteiger partial charge in [0.25, 0.3) is 0 Å². The van der Waals surface area contributed by atoms with Crippen molar-refractivity contribution >= 4 is 23.6 Å². The van der Waals surface area contributed by atoms with E-state index < -0.39 is 57.9 Å². The summed E-state index contributed by atoms with van der Waals surface area (Å²) in [6.07, 6.45) is -9.34. The van der Waals surface area contributed by atoms with E-state index in [1.54, 1.807) is 0 Å². The summed E-state index contributed by atoms with van der Waals surface area (Å²) in [6.45, 7) is 0.642. The minimum Gasteiger partial charge on any atom is -0.409 e. The number of nitrogens with one attached hydrogen (secondary N) is 1. The van der Waals surface area contributed by atoms with E-state index in [-0.39, 0.29) is 24.8 Å². The number of carbonyl (C=O) groups is 1. The highest BCUT2D eigenvalue weighted by atomic mass is 19.4. The highest BCUT2D eigenvalue weighted by molar-refractivity contribution is 6.11. The molecule has 39 heavy (non-hydrogen) atoms. The Morgan fingerprint density at radius 3 is 2.38 bits per heavy atom. The van der Waals surface area contributed by atoms with Crippen LogP contribution in [0.5, 0.6) is 5.75 Å². The van der Waals surface area contributed by atoms with Gasteiger partial charge in [-0.15, -0.1) is 0 Å². The molecule has 0 aromatic heterocycles. The van der Waals surface area contributed by atoms with Crippen LogP contribution in [-0.2, 0) is 12.4 Å². The van der Waals surface area contributed by atoms with Gasteiger partial charge in [0.05, 0.1) is 23.3 Å². The van der Waals surface area contributed by atoms with Crippen molar-refractivity contribution in [2.45, 2.75) is 30.8 Å². The molecule has 1 aliphatic heterocycles. The predicted molar refractivity (Wildman–Crippen MR) is 130 cm³/mol. The van der Waals surface area contributed by atoms with E-state index in [0.717, 1.165) is 42.4 Å². The van der Waals surface area contributed by atoms with Gasteiger partial charge in [0.2, 0.25) is 0 Å². The van der Waals surface area contributed by atoms with Crippen molar-refractivity contribution in [1.29, 1.82) is 0 Å². The molecule has 0 spiro atoms. The number of aliphatic hydroxyl groups is 1. The number of hydrogen-bond donors (Lipinski definition) is 3. The number of allylic oxidation sites excluding steroid dienone is 1. The Morgan fingerprint density at radius 1 is 1.18 bits per heavy atom. The molecule has 1 amide bonds. The molecule has 1 unspecified atom stereocenters. The molecule has 7 nitrogen and oxygen atoms in total. The normalized spacial score (nSPS) is 18.8. The number of alkyl halides is 6. The first-order chi connectivity index (χ1) is 18.1. The molecule has 2 aromatic carbocycles. The molecule has 1 aliphatic rings. The van der Waals surface area contributed by atoms with E-state index in [1.165, 1.54) is 0 Å². The van der Waals surface area contributed by atoms with Crippen molar-refractivity contribution in [2.75, 3.05) is 31.6 Å². The number of hydrogen-bond acceptors (Lipinski definition) is 6. The molecular weight excluding hydrogens is 537 g/mol. The molecule has 2 aromatic rings. The second-order valence-corrected chi connectivity index (χ2v) is 8.90. The number of anilines is 1. The van der Waals surface area contributed by atoms with Crippen LogP contribution in [0.2, 0.25) is 0 Å². The van der Waals surface area contributed by atoms with Gasteiger partial charge in [0, 0.05) is 42.8 Å².